The maximum Gasteiger partial charge on any atom is 0.252 e. The molecule has 4 aromatic heterocycles. The van der Waals surface area contributed by atoms with Gasteiger partial charge in [0.25, 0.3) is 6.71 Å². The van der Waals surface area contributed by atoms with E-state index in [9.17, 15) is 0 Å². The third kappa shape index (κ3) is 4.78. The van der Waals surface area contributed by atoms with Crippen LogP contribution in [-0.2, 0) is 0 Å². The van der Waals surface area contributed by atoms with Gasteiger partial charge in [-0.15, -0.1) is 0 Å². The number of nitrogens with zero attached hydrogens (tertiary/aromatic N) is 2. The van der Waals surface area contributed by atoms with Crippen LogP contribution in [0.5, 0.6) is 0 Å². The van der Waals surface area contributed by atoms with Gasteiger partial charge in [0.1, 0.15) is 33.5 Å². The van der Waals surface area contributed by atoms with Gasteiger partial charge in [0, 0.05) is 78.3 Å². The van der Waals surface area contributed by atoms with E-state index in [0.29, 0.717) is 0 Å². The number of anilines is 6. The second kappa shape index (κ2) is 12.9. The molecule has 6 heterocycles. The molecular formula is C58H33BN2O4. The summed E-state index contributed by atoms with van der Waals surface area (Å²) in [4.78, 5) is 4.95. The van der Waals surface area contributed by atoms with Crippen molar-refractivity contribution in [2.24, 2.45) is 0 Å². The van der Waals surface area contributed by atoms with Crippen LogP contribution in [0, 0.1) is 0 Å². The van der Waals surface area contributed by atoms with Crippen molar-refractivity contribution in [1.82, 2.24) is 0 Å². The first kappa shape index (κ1) is 34.9. The maximum absolute atomic E-state index is 6.74. The average Bonchev–Trinajstić information content (AvgIpc) is 4.18. The molecule has 0 atom stereocenters. The first-order valence-corrected chi connectivity index (χ1v) is 22.0. The molecule has 9 aromatic carbocycles. The number of fused-ring (bicyclic) bond motifs is 12. The van der Waals surface area contributed by atoms with Crippen LogP contribution in [0.1, 0.15) is 0 Å². The van der Waals surface area contributed by atoms with Gasteiger partial charge in [-0.3, -0.25) is 0 Å². The molecular weight excluding hydrogens is 799 g/mol. The quantitative estimate of drug-likeness (QED) is 0.165. The van der Waals surface area contributed by atoms with E-state index < -0.39 is 0 Å². The predicted octanol–water partition coefficient (Wildman–Crippen LogP) is 14.4. The molecule has 0 unspecified atom stereocenters. The summed E-state index contributed by atoms with van der Waals surface area (Å²) in [6.07, 6.45) is 3.60. The van der Waals surface area contributed by atoms with Gasteiger partial charge in [-0.05, 0) is 88.2 Å². The van der Waals surface area contributed by atoms with Gasteiger partial charge in [0.2, 0.25) is 0 Å². The molecule has 0 amide bonds. The van der Waals surface area contributed by atoms with E-state index in [1.807, 2.05) is 12.1 Å². The number of rotatable bonds is 4. The lowest BCUT2D eigenvalue weighted by Gasteiger charge is -2.44. The van der Waals surface area contributed by atoms with E-state index >= 15 is 0 Å². The Bertz CT molecular complexity index is 3840. The second-order valence-corrected chi connectivity index (χ2v) is 17.1. The van der Waals surface area contributed by atoms with E-state index in [1.54, 1.807) is 12.5 Å². The first-order valence-electron chi connectivity index (χ1n) is 22.0. The Hall–Kier alpha value is -8.68. The smallest absolute Gasteiger partial charge is 0.252 e. The number of furan rings is 4. The van der Waals surface area contributed by atoms with Crippen molar-refractivity contribution < 1.29 is 17.7 Å². The van der Waals surface area contributed by atoms with Crippen LogP contribution in [-0.4, -0.2) is 6.71 Å². The third-order valence-electron chi connectivity index (χ3n) is 13.8. The van der Waals surface area contributed by atoms with Crippen LogP contribution in [0.3, 0.4) is 0 Å². The largest absolute Gasteiger partial charge is 0.464 e. The van der Waals surface area contributed by atoms with Crippen LogP contribution in [0.4, 0.5) is 34.1 Å². The van der Waals surface area contributed by atoms with Crippen molar-refractivity contribution in [2.45, 2.75) is 0 Å². The van der Waals surface area contributed by atoms with Gasteiger partial charge in [0.05, 0.1) is 23.9 Å². The summed E-state index contributed by atoms with van der Waals surface area (Å²) in [7, 11) is 0. The predicted molar refractivity (Wildman–Crippen MR) is 265 cm³/mol. The number of benzene rings is 9. The lowest BCUT2D eigenvalue weighted by Crippen LogP contribution is -2.61. The summed E-state index contributed by atoms with van der Waals surface area (Å²) in [5.41, 5.74) is 19.4. The lowest BCUT2D eigenvalue weighted by atomic mass is 9.33. The molecule has 0 fully saturated rings. The van der Waals surface area contributed by atoms with Crippen LogP contribution >= 0.6 is 0 Å². The molecule has 0 N–H and O–H groups in total. The molecule has 0 radical (unpaired) electrons. The van der Waals surface area contributed by atoms with Crippen molar-refractivity contribution in [2.75, 3.05) is 9.80 Å². The minimum Gasteiger partial charge on any atom is -0.464 e. The van der Waals surface area contributed by atoms with Gasteiger partial charge in [-0.1, -0.05) is 115 Å². The van der Waals surface area contributed by atoms with Gasteiger partial charge in [-0.25, -0.2) is 0 Å². The average molecular weight is 833 g/mol. The minimum absolute atomic E-state index is 0.178. The Morgan fingerprint density at radius 2 is 0.785 bits per heavy atom. The summed E-state index contributed by atoms with van der Waals surface area (Å²) >= 11 is 0. The number of hydrogen-bond donors (Lipinski definition) is 0. The summed E-state index contributed by atoms with van der Waals surface area (Å²) in [6.45, 7) is -0.178. The Morgan fingerprint density at radius 1 is 0.323 bits per heavy atom. The van der Waals surface area contributed by atoms with E-state index in [2.05, 4.69) is 186 Å². The molecule has 0 bridgehead atoms. The fourth-order valence-corrected chi connectivity index (χ4v) is 11.1. The molecule has 0 aliphatic carbocycles. The Morgan fingerprint density at radius 3 is 1.28 bits per heavy atom. The number of para-hydroxylation sites is 2. The lowest BCUT2D eigenvalue weighted by molar-refractivity contribution is 0.615. The van der Waals surface area contributed by atoms with Crippen LogP contribution in [0.25, 0.3) is 88.1 Å². The van der Waals surface area contributed by atoms with Crippen LogP contribution in [0.2, 0.25) is 0 Å². The molecule has 2 aliphatic heterocycles. The molecule has 302 valence electrons. The molecule has 0 saturated heterocycles. The summed E-state index contributed by atoms with van der Waals surface area (Å²) in [5.74, 6) is 0. The van der Waals surface area contributed by atoms with E-state index in [0.717, 1.165) is 122 Å². The topological polar surface area (TPSA) is 59.0 Å². The maximum atomic E-state index is 6.74. The Labute approximate surface area is 371 Å². The molecule has 13 aromatic rings. The SMILES string of the molecule is c1ccc(-c2ccc3occc3c2N2c3cc4oc5ccccc5c4cc3B3c4cc5c(cc4N(c4c(-c6ccccc6)ccc6occc46)c4cccc2c43)oc2ccccc25)cc1. The van der Waals surface area contributed by atoms with Gasteiger partial charge in [-0.2, -0.15) is 0 Å². The van der Waals surface area contributed by atoms with Crippen molar-refractivity contribution in [3.63, 3.8) is 0 Å². The van der Waals surface area contributed by atoms with Crippen molar-refractivity contribution in [3.8, 4) is 22.3 Å². The van der Waals surface area contributed by atoms with Crippen molar-refractivity contribution in [3.05, 3.63) is 201 Å². The molecule has 65 heavy (non-hydrogen) atoms. The highest BCUT2D eigenvalue weighted by Crippen LogP contribution is 2.52. The van der Waals surface area contributed by atoms with Gasteiger partial charge >= 0.3 is 0 Å². The fourth-order valence-electron chi connectivity index (χ4n) is 11.1. The summed E-state index contributed by atoms with van der Waals surface area (Å²) < 4.78 is 25.9. The normalized spacial score (nSPS) is 13.1. The van der Waals surface area contributed by atoms with E-state index in [1.165, 1.54) is 16.4 Å². The monoisotopic (exact) mass is 832 g/mol. The molecule has 6 nitrogen and oxygen atoms in total. The highest BCUT2D eigenvalue weighted by molar-refractivity contribution is 7.00. The van der Waals surface area contributed by atoms with E-state index in [-0.39, 0.29) is 6.71 Å². The molecule has 0 spiro atoms. The first-order chi connectivity index (χ1) is 32.2. The zero-order chi connectivity index (χ0) is 42.3. The van der Waals surface area contributed by atoms with Gasteiger partial charge in [0.15, 0.2) is 0 Å². The summed E-state index contributed by atoms with van der Waals surface area (Å²) in [5, 5.41) is 6.38. The highest BCUT2D eigenvalue weighted by atomic mass is 16.3. The van der Waals surface area contributed by atoms with Crippen molar-refractivity contribution >= 4 is 123 Å². The van der Waals surface area contributed by atoms with E-state index in [4.69, 9.17) is 17.7 Å². The highest BCUT2D eigenvalue weighted by Gasteiger charge is 2.45. The standard InChI is InChI=1S/C58H33BN2O4/c1-3-12-34(13-4-1)36-22-24-50-40(26-28-62-50)57(36)60-46-18-11-19-47-56(46)59(44-30-42-38-16-7-9-20-52(38)64-54(42)32-48(44)60)45-31-43-39-17-8-10-21-53(39)65-55(43)33-49(45)61(47)58-37(35-14-5-2-6-15-35)23-25-51-41(58)27-29-63-51/h1-33H. The Balaban J connectivity index is 1.12. The zero-order valence-electron chi connectivity index (χ0n) is 34.7. The molecule has 15 rings (SSSR count). The summed E-state index contributed by atoms with van der Waals surface area (Å²) in [6, 6.07) is 67.0. The zero-order valence-corrected chi connectivity index (χ0v) is 34.7. The molecule has 0 saturated carbocycles. The second-order valence-electron chi connectivity index (χ2n) is 17.1. The Kier molecular flexibility index (Phi) is 6.94. The molecule has 7 heteroatoms. The van der Waals surface area contributed by atoms with Crippen LogP contribution < -0.4 is 26.2 Å². The van der Waals surface area contributed by atoms with Crippen molar-refractivity contribution in [1.29, 1.82) is 0 Å². The minimum atomic E-state index is -0.178. The fraction of sp³-hybridized carbons (Fsp3) is 0. The van der Waals surface area contributed by atoms with Gasteiger partial charge < -0.3 is 27.5 Å². The molecule has 2 aliphatic rings. The number of hydrogen-bond acceptors (Lipinski definition) is 6. The third-order valence-corrected chi connectivity index (χ3v) is 13.8. The van der Waals surface area contributed by atoms with Crippen LogP contribution in [0.15, 0.2) is 218 Å².